The van der Waals surface area contributed by atoms with Crippen LogP contribution >= 0.6 is 47.2 Å². The van der Waals surface area contributed by atoms with Gasteiger partial charge in [-0.3, -0.25) is 0 Å². The van der Waals surface area contributed by atoms with Crippen molar-refractivity contribution in [2.75, 3.05) is 13.7 Å². The van der Waals surface area contributed by atoms with Crippen LogP contribution in [0, 0.1) is 0 Å². The molecule has 0 fully saturated rings. The third-order valence-corrected chi connectivity index (χ3v) is 1.59. The van der Waals surface area contributed by atoms with E-state index in [0.29, 0.717) is 0 Å². The zero-order valence-electron chi connectivity index (χ0n) is 5.31. The zero-order valence-corrected chi connectivity index (χ0v) is 8.40. The van der Waals surface area contributed by atoms with Crippen molar-refractivity contribution in [3.63, 3.8) is 0 Å². The van der Waals surface area contributed by atoms with E-state index >= 15 is 0 Å². The van der Waals surface area contributed by atoms with E-state index in [1.807, 2.05) is 0 Å². The maximum absolute atomic E-state index is 5.43. The second-order valence-corrected chi connectivity index (χ2v) is 3.87. The minimum atomic E-state index is -1.41. The molecule has 1 unspecified atom stereocenters. The number of ether oxygens (including phenoxy) is 1. The van der Waals surface area contributed by atoms with Crippen molar-refractivity contribution in [1.29, 1.82) is 0 Å². The highest BCUT2D eigenvalue weighted by atomic mass is 35.6. The molecule has 0 radical (unpaired) electrons. The number of nitrogens with two attached hydrogens (primary N) is 1. The molecule has 10 heavy (non-hydrogen) atoms. The average molecular weight is 229 g/mol. The number of alkyl halides is 3. The summed E-state index contributed by atoms with van der Waals surface area (Å²) in [5.41, 5.74) is 5.19. The van der Waals surface area contributed by atoms with Crippen LogP contribution in [0.4, 0.5) is 0 Å². The highest BCUT2D eigenvalue weighted by Gasteiger charge is 2.31. The molecule has 0 saturated carbocycles. The molecule has 0 bridgehead atoms. The van der Waals surface area contributed by atoms with E-state index in [2.05, 4.69) is 0 Å². The van der Waals surface area contributed by atoms with Crippen molar-refractivity contribution in [3.8, 4) is 0 Å². The van der Waals surface area contributed by atoms with Gasteiger partial charge in [-0.05, 0) is 0 Å². The van der Waals surface area contributed by atoms with E-state index < -0.39 is 9.90 Å². The molecule has 0 aliphatic rings. The predicted molar refractivity (Wildman–Crippen MR) is 47.4 cm³/mol. The molecule has 0 aromatic rings. The fourth-order valence-corrected chi connectivity index (χ4v) is 0.898. The van der Waals surface area contributed by atoms with Crippen LogP contribution in [0.25, 0.3) is 0 Å². The lowest BCUT2D eigenvalue weighted by atomic mass is 10.4. The normalized spacial score (nSPS) is 14.1. The molecule has 64 valence electrons. The Morgan fingerprint density at radius 3 is 1.90 bits per heavy atom. The van der Waals surface area contributed by atoms with Gasteiger partial charge in [0.05, 0.1) is 0 Å². The quantitative estimate of drug-likeness (QED) is 0.732. The zero-order chi connectivity index (χ0) is 7.49. The molecule has 0 aromatic heterocycles. The Balaban J connectivity index is 0. The van der Waals surface area contributed by atoms with Gasteiger partial charge in [-0.2, -0.15) is 0 Å². The average Bonchev–Trinajstić information content (AvgIpc) is 1.65. The molecule has 0 aromatic carbocycles. The summed E-state index contributed by atoms with van der Waals surface area (Å²) in [5.74, 6) is 0. The highest BCUT2D eigenvalue weighted by Crippen LogP contribution is 2.31. The molecule has 6 heteroatoms. The summed E-state index contributed by atoms with van der Waals surface area (Å²) in [5, 5.41) is 0. The molecule has 0 amide bonds. The summed E-state index contributed by atoms with van der Waals surface area (Å²) in [7, 11) is 1.44. The second kappa shape index (κ2) is 5.70. The Kier molecular flexibility index (Phi) is 7.78. The van der Waals surface area contributed by atoms with Crippen LogP contribution in [-0.4, -0.2) is 23.6 Å². The van der Waals surface area contributed by atoms with Gasteiger partial charge in [0.25, 0.3) is 0 Å². The van der Waals surface area contributed by atoms with E-state index in [-0.39, 0.29) is 19.0 Å². The molecule has 2 N–H and O–H groups in total. The highest BCUT2D eigenvalue weighted by molar-refractivity contribution is 6.68. The number of rotatable bonds is 2. The van der Waals surface area contributed by atoms with Crippen LogP contribution in [-0.2, 0) is 4.74 Å². The number of hydrogen-bond donors (Lipinski definition) is 1. The molecule has 2 nitrogen and oxygen atoms in total. The molecule has 0 aliphatic heterocycles. The maximum Gasteiger partial charge on any atom is 0.217 e. The Bertz CT molecular complexity index is 79.8. The standard InChI is InChI=1S/C4H8Cl3NO.ClH/c1-9-3(2-8)4(5,6)7;/h3H,2,8H2,1H3;1H. The van der Waals surface area contributed by atoms with Crippen LogP contribution in [0.1, 0.15) is 0 Å². The Labute approximate surface area is 81.4 Å². The van der Waals surface area contributed by atoms with Gasteiger partial charge in [0, 0.05) is 13.7 Å². The first-order chi connectivity index (χ1) is 4.02. The minimum Gasteiger partial charge on any atom is -0.376 e. The van der Waals surface area contributed by atoms with Crippen LogP contribution < -0.4 is 5.73 Å². The van der Waals surface area contributed by atoms with Gasteiger partial charge < -0.3 is 10.5 Å². The lowest BCUT2D eigenvalue weighted by Gasteiger charge is -2.20. The Morgan fingerprint density at radius 2 is 1.90 bits per heavy atom. The summed E-state index contributed by atoms with van der Waals surface area (Å²) < 4.78 is 3.33. The van der Waals surface area contributed by atoms with E-state index in [1.165, 1.54) is 7.11 Å². The molecule has 0 aliphatic carbocycles. The van der Waals surface area contributed by atoms with Gasteiger partial charge in [0.1, 0.15) is 6.10 Å². The molecule has 1 atom stereocenters. The van der Waals surface area contributed by atoms with Crippen LogP contribution in [0.2, 0.25) is 0 Å². The van der Waals surface area contributed by atoms with Crippen molar-refractivity contribution in [1.82, 2.24) is 0 Å². The largest absolute Gasteiger partial charge is 0.376 e. The van der Waals surface area contributed by atoms with Crippen molar-refractivity contribution in [2.24, 2.45) is 5.73 Å². The summed E-state index contributed by atoms with van der Waals surface area (Å²) >= 11 is 16.3. The third kappa shape index (κ3) is 4.83. The topological polar surface area (TPSA) is 35.2 Å². The van der Waals surface area contributed by atoms with Crippen molar-refractivity contribution >= 4 is 47.2 Å². The van der Waals surface area contributed by atoms with E-state index in [4.69, 9.17) is 45.3 Å². The van der Waals surface area contributed by atoms with Crippen molar-refractivity contribution in [2.45, 2.75) is 9.90 Å². The fraction of sp³-hybridized carbons (Fsp3) is 1.00. The van der Waals surface area contributed by atoms with Crippen molar-refractivity contribution in [3.05, 3.63) is 0 Å². The van der Waals surface area contributed by atoms with Crippen LogP contribution in [0.3, 0.4) is 0 Å². The Morgan fingerprint density at radius 1 is 1.50 bits per heavy atom. The van der Waals surface area contributed by atoms with Gasteiger partial charge in [-0.25, -0.2) is 0 Å². The number of halogens is 4. The molecule has 0 saturated heterocycles. The van der Waals surface area contributed by atoms with Crippen molar-refractivity contribution < 1.29 is 4.74 Å². The first-order valence-electron chi connectivity index (χ1n) is 2.32. The SMILES string of the molecule is COC(CN)C(Cl)(Cl)Cl.Cl. The first-order valence-corrected chi connectivity index (χ1v) is 3.45. The fourth-order valence-electron chi connectivity index (χ4n) is 0.363. The molecule has 0 rings (SSSR count). The molecule has 0 heterocycles. The lowest BCUT2D eigenvalue weighted by molar-refractivity contribution is 0.113. The smallest absolute Gasteiger partial charge is 0.217 e. The van der Waals surface area contributed by atoms with E-state index in [1.54, 1.807) is 0 Å². The molecular weight excluding hydrogens is 220 g/mol. The van der Waals surface area contributed by atoms with E-state index in [9.17, 15) is 0 Å². The van der Waals surface area contributed by atoms with Gasteiger partial charge in [-0.15, -0.1) is 12.4 Å². The predicted octanol–water partition coefficient (Wildman–Crippen LogP) is 1.75. The van der Waals surface area contributed by atoms with E-state index in [0.717, 1.165) is 0 Å². The van der Waals surface area contributed by atoms with Crippen LogP contribution in [0.5, 0.6) is 0 Å². The third-order valence-electron chi connectivity index (χ3n) is 0.864. The number of hydrogen-bond acceptors (Lipinski definition) is 2. The number of methoxy groups -OCH3 is 1. The van der Waals surface area contributed by atoms with Crippen LogP contribution in [0.15, 0.2) is 0 Å². The molecular formula is C4H9Cl4NO. The van der Waals surface area contributed by atoms with Gasteiger partial charge in [0.15, 0.2) is 0 Å². The molecule has 0 spiro atoms. The summed E-state index contributed by atoms with van der Waals surface area (Å²) in [6.07, 6.45) is -0.525. The monoisotopic (exact) mass is 227 g/mol. The summed E-state index contributed by atoms with van der Waals surface area (Å²) in [6.45, 7) is 0.201. The lowest BCUT2D eigenvalue weighted by Crippen LogP contribution is -2.34. The maximum atomic E-state index is 5.43. The first kappa shape index (κ1) is 13.7. The second-order valence-electron chi connectivity index (χ2n) is 1.50. The van der Waals surface area contributed by atoms with Gasteiger partial charge >= 0.3 is 0 Å². The minimum absolute atomic E-state index is 0. The van der Waals surface area contributed by atoms with Gasteiger partial charge in [-0.1, -0.05) is 34.8 Å². The van der Waals surface area contributed by atoms with Gasteiger partial charge in [0.2, 0.25) is 3.79 Å². The summed E-state index contributed by atoms with van der Waals surface area (Å²) in [4.78, 5) is 0. The Hall–Kier alpha value is 1.08. The summed E-state index contributed by atoms with van der Waals surface area (Å²) in [6, 6.07) is 0.